The highest BCUT2D eigenvalue weighted by molar-refractivity contribution is 5.19. The Balaban J connectivity index is 2.23. The molecule has 5 atom stereocenters. The van der Waals surface area contributed by atoms with Crippen molar-refractivity contribution in [3.05, 3.63) is 35.9 Å². The predicted molar refractivity (Wildman–Crippen MR) is 65.5 cm³/mol. The molecular formula is C14H20O3. The quantitative estimate of drug-likeness (QED) is 0.822. The van der Waals surface area contributed by atoms with Gasteiger partial charge in [0.05, 0.1) is 24.9 Å². The van der Waals surface area contributed by atoms with Crippen molar-refractivity contribution in [1.29, 1.82) is 0 Å². The molecule has 0 spiro atoms. The van der Waals surface area contributed by atoms with Crippen molar-refractivity contribution in [2.45, 2.75) is 32.2 Å². The molecule has 1 fully saturated rings. The van der Waals surface area contributed by atoms with E-state index in [4.69, 9.17) is 4.74 Å². The van der Waals surface area contributed by atoms with Gasteiger partial charge < -0.3 is 14.9 Å². The van der Waals surface area contributed by atoms with E-state index < -0.39 is 6.10 Å². The molecule has 0 amide bonds. The molecule has 1 saturated heterocycles. The molecule has 1 aromatic carbocycles. The van der Waals surface area contributed by atoms with Crippen LogP contribution >= 0.6 is 0 Å². The minimum Gasteiger partial charge on any atom is -0.394 e. The third kappa shape index (κ3) is 2.37. The van der Waals surface area contributed by atoms with E-state index in [0.717, 1.165) is 5.56 Å². The van der Waals surface area contributed by atoms with E-state index in [9.17, 15) is 10.2 Å². The minimum absolute atomic E-state index is 0.0324. The van der Waals surface area contributed by atoms with Crippen molar-refractivity contribution in [3.8, 4) is 0 Å². The Morgan fingerprint density at radius 1 is 1.12 bits per heavy atom. The van der Waals surface area contributed by atoms with Gasteiger partial charge in [-0.25, -0.2) is 0 Å². The van der Waals surface area contributed by atoms with E-state index in [1.807, 2.05) is 44.2 Å². The first-order valence-corrected chi connectivity index (χ1v) is 6.14. The Morgan fingerprint density at radius 3 is 2.35 bits per heavy atom. The van der Waals surface area contributed by atoms with Gasteiger partial charge in [-0.1, -0.05) is 44.2 Å². The van der Waals surface area contributed by atoms with Crippen LogP contribution in [0.25, 0.3) is 0 Å². The summed E-state index contributed by atoms with van der Waals surface area (Å²) in [6, 6.07) is 9.88. The maximum Gasteiger partial charge on any atom is 0.0880 e. The summed E-state index contributed by atoms with van der Waals surface area (Å²) in [4.78, 5) is 0. The lowest BCUT2D eigenvalue weighted by Gasteiger charge is -2.42. The molecule has 1 aromatic rings. The fourth-order valence-corrected chi connectivity index (χ4v) is 2.55. The van der Waals surface area contributed by atoms with Crippen LogP contribution in [0, 0.1) is 11.8 Å². The molecule has 3 heteroatoms. The summed E-state index contributed by atoms with van der Waals surface area (Å²) in [5.41, 5.74) is 1.06. The van der Waals surface area contributed by atoms with E-state index in [-0.39, 0.29) is 30.7 Å². The van der Waals surface area contributed by atoms with Crippen LogP contribution in [0.4, 0.5) is 0 Å². The molecule has 0 aromatic heterocycles. The lowest BCUT2D eigenvalue weighted by molar-refractivity contribution is -0.177. The van der Waals surface area contributed by atoms with Gasteiger partial charge in [-0.2, -0.15) is 0 Å². The highest BCUT2D eigenvalue weighted by atomic mass is 16.5. The van der Waals surface area contributed by atoms with E-state index in [2.05, 4.69) is 0 Å². The summed E-state index contributed by atoms with van der Waals surface area (Å²) >= 11 is 0. The molecule has 1 aliphatic heterocycles. The van der Waals surface area contributed by atoms with Gasteiger partial charge in [0, 0.05) is 11.8 Å². The van der Waals surface area contributed by atoms with Crippen LogP contribution < -0.4 is 0 Å². The Bertz CT molecular complexity index is 350. The molecule has 2 N–H and O–H groups in total. The molecule has 0 bridgehead atoms. The molecule has 0 radical (unpaired) electrons. The minimum atomic E-state index is -0.439. The summed E-state index contributed by atoms with van der Waals surface area (Å²) in [6.45, 7) is 3.87. The lowest BCUT2D eigenvalue weighted by Crippen LogP contribution is -2.46. The van der Waals surface area contributed by atoms with Crippen LogP contribution in [-0.2, 0) is 4.74 Å². The first kappa shape index (κ1) is 12.6. The third-order valence-corrected chi connectivity index (χ3v) is 3.77. The van der Waals surface area contributed by atoms with Crippen molar-refractivity contribution in [1.82, 2.24) is 0 Å². The molecule has 2 rings (SSSR count). The summed E-state index contributed by atoms with van der Waals surface area (Å²) in [5.74, 6) is 0.00478. The zero-order valence-corrected chi connectivity index (χ0v) is 10.3. The van der Waals surface area contributed by atoms with Gasteiger partial charge in [0.15, 0.2) is 0 Å². The molecule has 1 heterocycles. The standard InChI is InChI=1S/C14H20O3/c1-9-12(8-15)17-14(10(2)13(9)16)11-6-4-3-5-7-11/h3-7,9-10,12-16H,8H2,1-2H3/t9?,10?,12-,13+,14-/m1/s1. The van der Waals surface area contributed by atoms with Crippen molar-refractivity contribution in [3.63, 3.8) is 0 Å². The largest absolute Gasteiger partial charge is 0.394 e. The number of benzene rings is 1. The molecule has 0 saturated carbocycles. The molecule has 2 unspecified atom stereocenters. The third-order valence-electron chi connectivity index (χ3n) is 3.77. The Kier molecular flexibility index (Phi) is 3.82. The van der Waals surface area contributed by atoms with Gasteiger partial charge in [0.1, 0.15) is 0 Å². The van der Waals surface area contributed by atoms with Crippen molar-refractivity contribution in [2.24, 2.45) is 11.8 Å². The maximum absolute atomic E-state index is 10.2. The first-order chi connectivity index (χ1) is 8.15. The zero-order valence-electron chi connectivity index (χ0n) is 10.3. The normalized spacial score (nSPS) is 38.0. The molecule has 0 aliphatic carbocycles. The zero-order chi connectivity index (χ0) is 12.4. The van der Waals surface area contributed by atoms with E-state index >= 15 is 0 Å². The van der Waals surface area contributed by atoms with E-state index in [0.29, 0.717) is 0 Å². The Morgan fingerprint density at radius 2 is 1.76 bits per heavy atom. The van der Waals surface area contributed by atoms with Crippen LogP contribution in [0.5, 0.6) is 0 Å². The van der Waals surface area contributed by atoms with Crippen LogP contribution in [0.15, 0.2) is 30.3 Å². The molecular weight excluding hydrogens is 216 g/mol. The average molecular weight is 236 g/mol. The van der Waals surface area contributed by atoms with Gasteiger partial charge in [0.2, 0.25) is 0 Å². The van der Waals surface area contributed by atoms with Crippen LogP contribution in [-0.4, -0.2) is 29.0 Å². The maximum atomic E-state index is 10.2. The monoisotopic (exact) mass is 236 g/mol. The van der Waals surface area contributed by atoms with Gasteiger partial charge in [-0.15, -0.1) is 0 Å². The van der Waals surface area contributed by atoms with Crippen LogP contribution in [0.2, 0.25) is 0 Å². The number of aliphatic hydroxyl groups is 2. The Hall–Kier alpha value is -0.900. The lowest BCUT2D eigenvalue weighted by atomic mass is 9.81. The average Bonchev–Trinajstić information content (AvgIpc) is 2.37. The van der Waals surface area contributed by atoms with Gasteiger partial charge >= 0.3 is 0 Å². The predicted octanol–water partition coefficient (Wildman–Crippen LogP) is 1.75. The second-order valence-corrected chi connectivity index (χ2v) is 4.90. The van der Waals surface area contributed by atoms with Gasteiger partial charge in [-0.3, -0.25) is 0 Å². The fourth-order valence-electron chi connectivity index (χ4n) is 2.55. The van der Waals surface area contributed by atoms with Crippen molar-refractivity contribution in [2.75, 3.05) is 6.61 Å². The number of hydrogen-bond acceptors (Lipinski definition) is 3. The second-order valence-electron chi connectivity index (χ2n) is 4.90. The molecule has 3 nitrogen and oxygen atoms in total. The Labute approximate surface area is 102 Å². The SMILES string of the molecule is CC1[C@H](O)C(C)[C@H](c2ccccc2)O[C@@H]1CO. The summed E-state index contributed by atoms with van der Waals surface area (Å²) in [6.07, 6.45) is -0.864. The van der Waals surface area contributed by atoms with Crippen molar-refractivity contribution < 1.29 is 14.9 Å². The van der Waals surface area contributed by atoms with Gasteiger partial charge in [-0.05, 0) is 5.56 Å². The van der Waals surface area contributed by atoms with Crippen molar-refractivity contribution >= 4 is 0 Å². The summed E-state index contributed by atoms with van der Waals surface area (Å²) in [5, 5.41) is 19.5. The number of ether oxygens (including phenoxy) is 1. The highest BCUT2D eigenvalue weighted by Gasteiger charge is 2.40. The van der Waals surface area contributed by atoms with Crippen LogP contribution in [0.1, 0.15) is 25.5 Å². The highest BCUT2D eigenvalue weighted by Crippen LogP contribution is 2.38. The van der Waals surface area contributed by atoms with E-state index in [1.54, 1.807) is 0 Å². The summed E-state index contributed by atoms with van der Waals surface area (Å²) < 4.78 is 5.91. The van der Waals surface area contributed by atoms with Crippen LogP contribution in [0.3, 0.4) is 0 Å². The molecule has 94 valence electrons. The van der Waals surface area contributed by atoms with E-state index in [1.165, 1.54) is 0 Å². The number of aliphatic hydroxyl groups excluding tert-OH is 2. The second kappa shape index (κ2) is 5.17. The summed E-state index contributed by atoms with van der Waals surface area (Å²) in [7, 11) is 0. The fraction of sp³-hybridized carbons (Fsp3) is 0.571. The smallest absolute Gasteiger partial charge is 0.0880 e. The molecule has 1 aliphatic rings. The number of rotatable bonds is 2. The number of hydrogen-bond donors (Lipinski definition) is 2. The topological polar surface area (TPSA) is 49.7 Å². The first-order valence-electron chi connectivity index (χ1n) is 6.14. The van der Waals surface area contributed by atoms with Gasteiger partial charge in [0.25, 0.3) is 0 Å². The molecule has 17 heavy (non-hydrogen) atoms.